The summed E-state index contributed by atoms with van der Waals surface area (Å²) >= 11 is 0. The van der Waals surface area contributed by atoms with E-state index >= 15 is 0 Å². The fourth-order valence-corrected chi connectivity index (χ4v) is 6.51. The lowest BCUT2D eigenvalue weighted by Crippen LogP contribution is -2.27. The van der Waals surface area contributed by atoms with E-state index in [1.165, 1.54) is 238 Å². The molecule has 1 nitrogen and oxygen atoms in total. The molecule has 0 atom stereocenters. The first-order valence-electron chi connectivity index (χ1n) is 20.1. The zero-order valence-electron chi connectivity index (χ0n) is 29.6. The van der Waals surface area contributed by atoms with Crippen LogP contribution in [0.5, 0.6) is 0 Å². The quantitative estimate of drug-likeness (QED) is 0.0664. The Morgan fingerprint density at radius 1 is 0.195 bits per heavy atom. The van der Waals surface area contributed by atoms with E-state index in [-0.39, 0.29) is 0 Å². The van der Waals surface area contributed by atoms with Crippen molar-refractivity contribution >= 4 is 0 Å². The van der Waals surface area contributed by atoms with E-state index in [1.807, 2.05) is 0 Å². The number of rotatable bonds is 37. The van der Waals surface area contributed by atoms with Gasteiger partial charge in [-0.15, -0.1) is 0 Å². The normalized spacial score (nSPS) is 11.7. The summed E-state index contributed by atoms with van der Waals surface area (Å²) in [4.78, 5) is 2.83. The first-order chi connectivity index (χ1) is 20.3. The minimum absolute atomic E-state index is 1.36. The molecule has 0 saturated heterocycles. The van der Waals surface area contributed by atoms with Crippen molar-refractivity contribution in [2.24, 2.45) is 0 Å². The van der Waals surface area contributed by atoms with Gasteiger partial charge >= 0.3 is 0 Å². The second-order valence-corrected chi connectivity index (χ2v) is 13.8. The standard InChI is InChI=1S/C40H83N/c1-4-7-10-13-15-17-19-21-23-25-27-29-31-33-36-39-41(38-35-12-9-6-3)40-37-34-32-30-28-26-24-22-20-18-16-14-11-8-5-2/h4-40H2,1-3H3. The van der Waals surface area contributed by atoms with E-state index in [0.717, 1.165) is 0 Å². The van der Waals surface area contributed by atoms with Gasteiger partial charge in [-0.1, -0.05) is 220 Å². The van der Waals surface area contributed by atoms with Gasteiger partial charge in [0, 0.05) is 0 Å². The molecular weight excluding hydrogens is 494 g/mol. The van der Waals surface area contributed by atoms with Crippen LogP contribution in [0.1, 0.15) is 239 Å². The van der Waals surface area contributed by atoms with Crippen molar-refractivity contribution in [2.75, 3.05) is 19.6 Å². The number of unbranched alkanes of at least 4 members (excludes halogenated alkanes) is 31. The molecule has 0 fully saturated rings. The van der Waals surface area contributed by atoms with Crippen molar-refractivity contribution in [1.29, 1.82) is 0 Å². The lowest BCUT2D eigenvalue weighted by molar-refractivity contribution is 0.254. The van der Waals surface area contributed by atoms with Crippen LogP contribution in [0.15, 0.2) is 0 Å². The molecule has 248 valence electrons. The first kappa shape index (κ1) is 41.0. The highest BCUT2D eigenvalue weighted by Crippen LogP contribution is 2.16. The average molecular weight is 578 g/mol. The molecule has 0 heterocycles. The van der Waals surface area contributed by atoms with E-state index in [4.69, 9.17) is 0 Å². The topological polar surface area (TPSA) is 3.24 Å². The van der Waals surface area contributed by atoms with E-state index in [0.29, 0.717) is 0 Å². The van der Waals surface area contributed by atoms with Crippen LogP contribution in [0.25, 0.3) is 0 Å². The van der Waals surface area contributed by atoms with Gasteiger partial charge in [0.25, 0.3) is 0 Å². The van der Waals surface area contributed by atoms with Gasteiger partial charge in [0.05, 0.1) is 0 Å². The lowest BCUT2D eigenvalue weighted by atomic mass is 10.0. The Morgan fingerprint density at radius 3 is 0.537 bits per heavy atom. The van der Waals surface area contributed by atoms with Crippen LogP contribution >= 0.6 is 0 Å². The summed E-state index contributed by atoms with van der Waals surface area (Å²) in [5, 5.41) is 0. The summed E-state index contributed by atoms with van der Waals surface area (Å²) in [6, 6.07) is 0. The second-order valence-electron chi connectivity index (χ2n) is 13.8. The van der Waals surface area contributed by atoms with Crippen LogP contribution in [-0.4, -0.2) is 24.5 Å². The van der Waals surface area contributed by atoms with E-state index < -0.39 is 0 Å². The molecular formula is C40H83N. The van der Waals surface area contributed by atoms with Crippen molar-refractivity contribution in [3.05, 3.63) is 0 Å². The molecule has 1 heteroatoms. The van der Waals surface area contributed by atoms with Gasteiger partial charge in [-0.05, 0) is 38.9 Å². The maximum absolute atomic E-state index is 2.83. The van der Waals surface area contributed by atoms with E-state index in [1.54, 1.807) is 0 Å². The van der Waals surface area contributed by atoms with Crippen molar-refractivity contribution < 1.29 is 0 Å². The molecule has 0 amide bonds. The molecule has 0 aromatic rings. The Balaban J connectivity index is 3.61. The summed E-state index contributed by atoms with van der Waals surface area (Å²) < 4.78 is 0. The summed E-state index contributed by atoms with van der Waals surface area (Å²) in [7, 11) is 0. The molecule has 0 saturated carbocycles. The molecule has 0 rings (SSSR count). The lowest BCUT2D eigenvalue weighted by Gasteiger charge is -2.22. The highest BCUT2D eigenvalue weighted by Gasteiger charge is 2.05. The van der Waals surface area contributed by atoms with Gasteiger partial charge < -0.3 is 4.90 Å². The largest absolute Gasteiger partial charge is 0.303 e. The molecule has 0 aliphatic rings. The Labute approximate surface area is 263 Å². The smallest absolute Gasteiger partial charge is 0.00187 e. The van der Waals surface area contributed by atoms with Gasteiger partial charge in [-0.3, -0.25) is 0 Å². The molecule has 0 N–H and O–H groups in total. The van der Waals surface area contributed by atoms with Crippen LogP contribution in [0, 0.1) is 0 Å². The second kappa shape index (κ2) is 38.0. The monoisotopic (exact) mass is 578 g/mol. The average Bonchev–Trinajstić information content (AvgIpc) is 2.98. The highest BCUT2D eigenvalue weighted by molar-refractivity contribution is 4.61. The molecule has 0 unspecified atom stereocenters. The third-order valence-electron chi connectivity index (χ3n) is 9.48. The zero-order valence-corrected chi connectivity index (χ0v) is 29.6. The summed E-state index contributed by atoms with van der Waals surface area (Å²) in [5.41, 5.74) is 0. The first-order valence-corrected chi connectivity index (χ1v) is 20.1. The van der Waals surface area contributed by atoms with Gasteiger partial charge in [0.2, 0.25) is 0 Å². The molecule has 0 aromatic carbocycles. The minimum Gasteiger partial charge on any atom is -0.303 e. The summed E-state index contributed by atoms with van der Waals surface area (Å²) in [6.45, 7) is 11.0. The van der Waals surface area contributed by atoms with Crippen molar-refractivity contribution in [1.82, 2.24) is 4.90 Å². The minimum atomic E-state index is 1.36. The van der Waals surface area contributed by atoms with Gasteiger partial charge in [0.15, 0.2) is 0 Å². The molecule has 0 aliphatic heterocycles. The number of nitrogens with zero attached hydrogens (tertiary/aromatic N) is 1. The van der Waals surface area contributed by atoms with Crippen LogP contribution in [-0.2, 0) is 0 Å². The van der Waals surface area contributed by atoms with E-state index in [9.17, 15) is 0 Å². The summed E-state index contributed by atoms with van der Waals surface area (Å²) in [5.74, 6) is 0. The molecule has 0 aliphatic carbocycles. The van der Waals surface area contributed by atoms with Crippen molar-refractivity contribution in [2.45, 2.75) is 239 Å². The van der Waals surface area contributed by atoms with Crippen LogP contribution in [0.4, 0.5) is 0 Å². The Kier molecular flexibility index (Phi) is 37.9. The van der Waals surface area contributed by atoms with Gasteiger partial charge in [0.1, 0.15) is 0 Å². The molecule has 0 radical (unpaired) electrons. The van der Waals surface area contributed by atoms with Crippen LogP contribution in [0.2, 0.25) is 0 Å². The highest BCUT2D eigenvalue weighted by atomic mass is 15.1. The van der Waals surface area contributed by atoms with Gasteiger partial charge in [-0.25, -0.2) is 0 Å². The molecule has 0 spiro atoms. The molecule has 41 heavy (non-hydrogen) atoms. The van der Waals surface area contributed by atoms with E-state index in [2.05, 4.69) is 25.7 Å². The molecule has 0 aromatic heterocycles. The fourth-order valence-electron chi connectivity index (χ4n) is 6.51. The van der Waals surface area contributed by atoms with Gasteiger partial charge in [-0.2, -0.15) is 0 Å². The maximum Gasteiger partial charge on any atom is -0.00187 e. The Bertz CT molecular complexity index is 399. The van der Waals surface area contributed by atoms with Crippen molar-refractivity contribution in [3.63, 3.8) is 0 Å². The SMILES string of the molecule is CCCCCCCCCCCCCCCCCN(CCCCCC)CCCCCCCCCCCCCCCCC. The Hall–Kier alpha value is -0.0400. The number of hydrogen-bond donors (Lipinski definition) is 0. The fraction of sp³-hybridized carbons (Fsp3) is 1.00. The number of hydrogen-bond acceptors (Lipinski definition) is 1. The van der Waals surface area contributed by atoms with Crippen LogP contribution in [0.3, 0.4) is 0 Å². The predicted molar refractivity (Wildman–Crippen MR) is 190 cm³/mol. The predicted octanol–water partition coefficient (Wildman–Crippen LogP) is 14.6. The molecule has 0 bridgehead atoms. The third kappa shape index (κ3) is 36.1. The zero-order chi connectivity index (χ0) is 29.7. The Morgan fingerprint density at radius 2 is 0.341 bits per heavy atom. The van der Waals surface area contributed by atoms with Crippen LogP contribution < -0.4 is 0 Å². The van der Waals surface area contributed by atoms with Crippen molar-refractivity contribution in [3.8, 4) is 0 Å². The summed E-state index contributed by atoms with van der Waals surface area (Å²) in [6.07, 6.45) is 49.6. The third-order valence-corrected chi connectivity index (χ3v) is 9.48. The maximum atomic E-state index is 2.83.